The number of rotatable bonds is 3. The number of aryl methyl sites for hydroxylation is 1. The molecule has 0 saturated heterocycles. The summed E-state index contributed by atoms with van der Waals surface area (Å²) in [7, 11) is -2.87. The second kappa shape index (κ2) is 5.66. The number of oxazole rings is 1. The van der Waals surface area contributed by atoms with Gasteiger partial charge in [-0.05, 0) is 24.3 Å². The molecule has 0 fully saturated rings. The molecule has 0 bridgehead atoms. The van der Waals surface area contributed by atoms with Crippen LogP contribution in [0.2, 0.25) is 0 Å². The normalized spacial score (nSPS) is 12.5. The summed E-state index contributed by atoms with van der Waals surface area (Å²) in [6.45, 7) is 0. The lowest BCUT2D eigenvalue weighted by molar-refractivity contribution is -0.136. The van der Waals surface area contributed by atoms with Gasteiger partial charge in [0.15, 0.2) is 5.58 Å². The Kier molecular flexibility index (Phi) is 3.87. The summed E-state index contributed by atoms with van der Waals surface area (Å²) in [4.78, 5) is 11.1. The Morgan fingerprint density at radius 1 is 1.12 bits per heavy atom. The van der Waals surface area contributed by atoms with Crippen LogP contribution in [0.1, 0.15) is 5.56 Å². The molecule has 1 N–H and O–H groups in total. The molecule has 3 aromatic rings. The van der Waals surface area contributed by atoms with Gasteiger partial charge in [-0.15, -0.1) is 0 Å². The van der Waals surface area contributed by atoms with Gasteiger partial charge in [0.05, 0.1) is 21.7 Å². The monoisotopic (exact) mass is 372 g/mol. The quantitative estimate of drug-likeness (QED) is 0.766. The SMILES string of the molecule is Cn1c(=O)oc2cc(S(=O)(=O)Nc3ccccc3C(F)(F)F)ccc21. The fraction of sp³-hybridized carbons (Fsp3) is 0.133. The summed E-state index contributed by atoms with van der Waals surface area (Å²) in [5, 5.41) is 0. The van der Waals surface area contributed by atoms with E-state index in [0.717, 1.165) is 24.3 Å². The number of anilines is 1. The van der Waals surface area contributed by atoms with Crippen molar-refractivity contribution in [1.29, 1.82) is 0 Å². The third-order valence-electron chi connectivity index (χ3n) is 3.55. The predicted molar refractivity (Wildman–Crippen MR) is 83.7 cm³/mol. The van der Waals surface area contributed by atoms with Gasteiger partial charge < -0.3 is 4.42 Å². The summed E-state index contributed by atoms with van der Waals surface area (Å²) >= 11 is 0. The van der Waals surface area contributed by atoms with Gasteiger partial charge >= 0.3 is 11.9 Å². The van der Waals surface area contributed by atoms with Crippen molar-refractivity contribution >= 4 is 26.8 Å². The maximum absolute atomic E-state index is 13.0. The maximum atomic E-state index is 13.0. The van der Waals surface area contributed by atoms with Crippen molar-refractivity contribution in [1.82, 2.24) is 4.57 Å². The van der Waals surface area contributed by atoms with Crippen molar-refractivity contribution < 1.29 is 26.0 Å². The number of aromatic nitrogens is 1. The minimum absolute atomic E-state index is 0.0134. The third kappa shape index (κ3) is 3.12. The highest BCUT2D eigenvalue weighted by Crippen LogP contribution is 2.35. The Morgan fingerprint density at radius 3 is 2.48 bits per heavy atom. The van der Waals surface area contributed by atoms with Gasteiger partial charge in [0.25, 0.3) is 10.0 Å². The molecule has 1 aromatic heterocycles. The standard InChI is InChI=1S/C15H11F3N2O4S/c1-20-12-7-6-9(8-13(12)24-14(20)21)25(22,23)19-11-5-3-2-4-10(11)15(16,17)18/h2-8,19H,1H3. The van der Waals surface area contributed by atoms with Gasteiger partial charge in [-0.3, -0.25) is 9.29 Å². The predicted octanol–water partition coefficient (Wildman–Crippen LogP) is 2.95. The molecule has 0 aliphatic rings. The molecule has 0 atom stereocenters. The molecule has 1 heterocycles. The molecule has 132 valence electrons. The van der Waals surface area contributed by atoms with Crippen LogP contribution in [-0.2, 0) is 23.2 Å². The zero-order valence-electron chi connectivity index (χ0n) is 12.7. The Labute approximate surface area is 139 Å². The average molecular weight is 372 g/mol. The number of hydrogen-bond acceptors (Lipinski definition) is 4. The number of hydrogen-bond donors (Lipinski definition) is 1. The van der Waals surface area contributed by atoms with Gasteiger partial charge in [-0.25, -0.2) is 13.2 Å². The van der Waals surface area contributed by atoms with Crippen LogP contribution < -0.4 is 10.5 Å². The van der Waals surface area contributed by atoms with Gasteiger partial charge in [0, 0.05) is 13.1 Å². The zero-order valence-corrected chi connectivity index (χ0v) is 13.5. The molecule has 0 radical (unpaired) electrons. The lowest BCUT2D eigenvalue weighted by Crippen LogP contribution is -2.17. The Bertz CT molecular complexity index is 1110. The first-order chi connectivity index (χ1) is 11.6. The molecule has 3 rings (SSSR count). The second-order valence-corrected chi connectivity index (χ2v) is 6.89. The van der Waals surface area contributed by atoms with Crippen molar-refractivity contribution in [2.75, 3.05) is 4.72 Å². The van der Waals surface area contributed by atoms with Crippen LogP contribution in [0.4, 0.5) is 18.9 Å². The topological polar surface area (TPSA) is 81.3 Å². The largest absolute Gasteiger partial charge is 0.419 e. The molecule has 0 amide bonds. The molecule has 25 heavy (non-hydrogen) atoms. The number of para-hydroxylation sites is 1. The van der Waals surface area contributed by atoms with E-state index >= 15 is 0 Å². The van der Waals surface area contributed by atoms with Crippen LogP contribution in [-0.4, -0.2) is 13.0 Å². The van der Waals surface area contributed by atoms with E-state index in [0.29, 0.717) is 5.52 Å². The number of benzene rings is 2. The van der Waals surface area contributed by atoms with Crippen molar-refractivity contribution in [3.05, 3.63) is 58.6 Å². The van der Waals surface area contributed by atoms with E-state index in [1.165, 1.54) is 29.8 Å². The van der Waals surface area contributed by atoms with Gasteiger partial charge in [-0.1, -0.05) is 12.1 Å². The number of nitrogens with zero attached hydrogens (tertiary/aromatic N) is 1. The molecule has 0 aliphatic heterocycles. The van der Waals surface area contributed by atoms with Crippen molar-refractivity contribution in [2.45, 2.75) is 11.1 Å². The average Bonchev–Trinajstić information content (AvgIpc) is 2.81. The minimum atomic E-state index is -4.71. The molecule has 10 heteroatoms. The van der Waals surface area contributed by atoms with E-state index in [1.807, 2.05) is 4.72 Å². The number of halogens is 3. The first-order valence-electron chi connectivity index (χ1n) is 6.88. The lowest BCUT2D eigenvalue weighted by atomic mass is 10.2. The van der Waals surface area contributed by atoms with Crippen molar-refractivity contribution in [3.63, 3.8) is 0 Å². The Morgan fingerprint density at radius 2 is 1.80 bits per heavy atom. The van der Waals surface area contributed by atoms with Crippen LogP contribution in [0, 0.1) is 0 Å². The molecule has 0 aliphatic carbocycles. The summed E-state index contributed by atoms with van der Waals surface area (Å²) < 4.78 is 71.8. The first kappa shape index (κ1) is 17.1. The molecular formula is C15H11F3N2O4S. The number of nitrogens with one attached hydrogen (secondary N) is 1. The minimum Gasteiger partial charge on any atom is -0.408 e. The number of sulfonamides is 1. The Balaban J connectivity index is 2.05. The van der Waals surface area contributed by atoms with Gasteiger partial charge in [-0.2, -0.15) is 13.2 Å². The smallest absolute Gasteiger partial charge is 0.408 e. The van der Waals surface area contributed by atoms with Crippen LogP contribution in [0.3, 0.4) is 0 Å². The highest BCUT2D eigenvalue weighted by atomic mass is 32.2. The van der Waals surface area contributed by atoms with Gasteiger partial charge in [0.1, 0.15) is 0 Å². The second-order valence-electron chi connectivity index (χ2n) is 5.21. The molecule has 2 aromatic carbocycles. The summed E-state index contributed by atoms with van der Waals surface area (Å²) in [5.41, 5.74) is -1.32. The molecule has 0 unspecified atom stereocenters. The van der Waals surface area contributed by atoms with E-state index in [9.17, 15) is 26.4 Å². The molecular weight excluding hydrogens is 361 g/mol. The van der Waals surface area contributed by atoms with Crippen molar-refractivity contribution in [2.24, 2.45) is 7.05 Å². The molecule has 0 saturated carbocycles. The molecule has 0 spiro atoms. The van der Waals surface area contributed by atoms with E-state index in [1.54, 1.807) is 0 Å². The van der Waals surface area contributed by atoms with Crippen LogP contribution in [0.5, 0.6) is 0 Å². The van der Waals surface area contributed by atoms with Gasteiger partial charge in [0.2, 0.25) is 0 Å². The highest BCUT2D eigenvalue weighted by Gasteiger charge is 2.34. The van der Waals surface area contributed by atoms with E-state index in [2.05, 4.69) is 0 Å². The zero-order chi connectivity index (χ0) is 18.4. The lowest BCUT2D eigenvalue weighted by Gasteiger charge is -2.14. The molecule has 6 nitrogen and oxygen atoms in total. The van der Waals surface area contributed by atoms with Crippen LogP contribution in [0.15, 0.2) is 56.6 Å². The maximum Gasteiger partial charge on any atom is 0.419 e. The van der Waals surface area contributed by atoms with E-state index < -0.39 is 33.2 Å². The number of alkyl halides is 3. The first-order valence-corrected chi connectivity index (χ1v) is 8.36. The summed E-state index contributed by atoms with van der Waals surface area (Å²) in [6.07, 6.45) is -4.71. The van der Waals surface area contributed by atoms with E-state index in [4.69, 9.17) is 4.42 Å². The fourth-order valence-electron chi connectivity index (χ4n) is 2.30. The van der Waals surface area contributed by atoms with Crippen molar-refractivity contribution in [3.8, 4) is 0 Å². The Hall–Kier alpha value is -2.75. The highest BCUT2D eigenvalue weighted by molar-refractivity contribution is 7.92. The van der Waals surface area contributed by atoms with Crippen LogP contribution in [0.25, 0.3) is 11.1 Å². The fourth-order valence-corrected chi connectivity index (χ4v) is 3.40. The summed E-state index contributed by atoms with van der Waals surface area (Å²) in [5.74, 6) is -0.681. The third-order valence-corrected chi connectivity index (χ3v) is 4.91. The van der Waals surface area contributed by atoms with E-state index in [-0.39, 0.29) is 10.5 Å². The summed E-state index contributed by atoms with van der Waals surface area (Å²) in [6, 6.07) is 7.83. The number of fused-ring (bicyclic) bond motifs is 1. The van der Waals surface area contributed by atoms with Crippen LogP contribution >= 0.6 is 0 Å².